The molecule has 2 aliphatic rings. The number of amides is 5. The summed E-state index contributed by atoms with van der Waals surface area (Å²) in [6.45, 7) is 17.7. The number of nitrogens with zero attached hydrogens (tertiary/aromatic N) is 1. The lowest BCUT2D eigenvalue weighted by Crippen LogP contribution is -2.57. The SMILES string of the molecule is C=CCNC(=O)C(=O)CNC(=O)C1CCCN1C(=O)CC(C)OCCCCCCC.CC(C)(C)S(=O)(=O)CC1(NC(N)=O)CCCCC1.CCC.CI. The summed E-state index contributed by atoms with van der Waals surface area (Å²) in [6, 6.07) is -1.25. The normalized spacial score (nSPS) is 16.8. The Morgan fingerprint density at radius 1 is 0.981 bits per heavy atom. The number of nitrogens with two attached hydrogens (primary N) is 1. The molecule has 15 heteroatoms. The van der Waals surface area contributed by atoms with Crippen molar-refractivity contribution >= 4 is 62.0 Å². The minimum absolute atomic E-state index is 0.0214. The van der Waals surface area contributed by atoms with Crippen LogP contribution in [-0.4, -0.2) is 102 Å². The Balaban J connectivity index is 0. The number of sulfone groups is 1. The van der Waals surface area contributed by atoms with Crippen molar-refractivity contribution < 1.29 is 37.1 Å². The van der Waals surface area contributed by atoms with Gasteiger partial charge >= 0.3 is 6.03 Å². The molecule has 0 radical (unpaired) electrons. The van der Waals surface area contributed by atoms with Gasteiger partial charge in [-0.1, -0.05) is 101 Å². The van der Waals surface area contributed by atoms with Gasteiger partial charge < -0.3 is 31.3 Å². The Bertz CT molecular complexity index is 1200. The summed E-state index contributed by atoms with van der Waals surface area (Å²) in [4.78, 5) is 63.0. The molecule has 0 bridgehead atoms. The van der Waals surface area contributed by atoms with Gasteiger partial charge in [-0.3, -0.25) is 19.2 Å². The van der Waals surface area contributed by atoms with Crippen molar-refractivity contribution in [3.05, 3.63) is 12.7 Å². The molecule has 5 amide bonds. The summed E-state index contributed by atoms with van der Waals surface area (Å²) in [5.74, 6) is -2.06. The second kappa shape index (κ2) is 29.1. The van der Waals surface area contributed by atoms with E-state index in [2.05, 4.69) is 65.9 Å². The predicted molar refractivity (Wildman–Crippen MR) is 223 cm³/mol. The number of likely N-dealkylation sites (tertiary alicyclic amines) is 1. The van der Waals surface area contributed by atoms with E-state index in [1.807, 2.05) is 11.9 Å². The predicted octanol–water partition coefficient (Wildman–Crippen LogP) is 5.77. The first-order valence-corrected chi connectivity index (χ1v) is 23.0. The number of rotatable bonds is 18. The molecule has 53 heavy (non-hydrogen) atoms. The number of Topliss-reactive ketones (excluding diaryl/α,β-unsaturated/α-hetero) is 1. The fourth-order valence-electron chi connectivity index (χ4n) is 5.75. The quantitative estimate of drug-likeness (QED) is 0.0438. The Morgan fingerprint density at radius 2 is 1.57 bits per heavy atom. The number of alkyl halides is 1. The van der Waals surface area contributed by atoms with Crippen molar-refractivity contribution in [3.8, 4) is 0 Å². The van der Waals surface area contributed by atoms with E-state index in [9.17, 15) is 32.4 Å². The van der Waals surface area contributed by atoms with Gasteiger partial charge in [-0.25, -0.2) is 13.2 Å². The van der Waals surface area contributed by atoms with Crippen LogP contribution < -0.4 is 21.7 Å². The lowest BCUT2D eigenvalue weighted by atomic mass is 9.83. The molecule has 1 heterocycles. The minimum Gasteiger partial charge on any atom is -0.378 e. The van der Waals surface area contributed by atoms with Crippen LogP contribution in [0.15, 0.2) is 12.7 Å². The van der Waals surface area contributed by atoms with Gasteiger partial charge in [0.25, 0.3) is 5.91 Å². The highest BCUT2D eigenvalue weighted by molar-refractivity contribution is 14.1. The van der Waals surface area contributed by atoms with E-state index in [4.69, 9.17) is 10.5 Å². The van der Waals surface area contributed by atoms with E-state index in [1.165, 1.54) is 31.8 Å². The molecule has 2 fully saturated rings. The van der Waals surface area contributed by atoms with Crippen LogP contribution in [0.25, 0.3) is 0 Å². The highest BCUT2D eigenvalue weighted by Gasteiger charge is 2.42. The van der Waals surface area contributed by atoms with Crippen molar-refractivity contribution in [2.24, 2.45) is 5.73 Å². The maximum atomic E-state index is 12.6. The summed E-state index contributed by atoms with van der Waals surface area (Å²) in [5.41, 5.74) is 4.52. The number of urea groups is 1. The number of carbonyl (C=O) groups is 5. The second-order valence-corrected chi connectivity index (χ2v) is 17.3. The summed E-state index contributed by atoms with van der Waals surface area (Å²) < 4.78 is 29.6. The first kappa shape index (κ1) is 52.8. The van der Waals surface area contributed by atoms with E-state index in [0.717, 1.165) is 38.5 Å². The molecule has 0 aromatic heterocycles. The molecule has 1 saturated heterocycles. The second-order valence-electron chi connectivity index (χ2n) is 14.6. The summed E-state index contributed by atoms with van der Waals surface area (Å²) in [7, 11) is -3.27. The molecule has 13 nitrogen and oxygen atoms in total. The smallest absolute Gasteiger partial charge is 0.312 e. The van der Waals surface area contributed by atoms with Gasteiger partial charge in [0, 0.05) is 19.7 Å². The number of halogens is 1. The van der Waals surface area contributed by atoms with Gasteiger partial charge in [0.15, 0.2) is 9.84 Å². The van der Waals surface area contributed by atoms with E-state index >= 15 is 0 Å². The Hall–Kier alpha value is -2.27. The fourth-order valence-corrected chi connectivity index (χ4v) is 7.28. The number of unbranched alkanes of at least 4 members (excludes halogenated alkanes) is 4. The maximum Gasteiger partial charge on any atom is 0.312 e. The van der Waals surface area contributed by atoms with Crippen LogP contribution in [0.5, 0.6) is 0 Å². The zero-order chi connectivity index (χ0) is 41.1. The standard InChI is InChI=1S/C22H37N3O5.C12H24N2O3S.C3H8.CH3I/c1-4-6-7-8-9-14-30-17(3)15-20(27)25-13-10-11-18(25)21(28)24-16-19(26)22(29)23-12-5-2;1-11(2,3)18(16,17)9-12(14-10(13)15)7-5-4-6-8-12;1-3-2;1-2/h5,17-18H,2,4,6-16H2,1,3H3,(H,23,29)(H,24,28);4-9H2,1-3H3,(H3,13,14,15);3H2,1-2H3;1H3. The first-order chi connectivity index (χ1) is 24.9. The number of carbonyl (C=O) groups excluding carboxylic acids is 5. The van der Waals surface area contributed by atoms with Gasteiger partial charge in [0.2, 0.25) is 17.6 Å². The highest BCUT2D eigenvalue weighted by Crippen LogP contribution is 2.32. The fraction of sp³-hybridized carbons (Fsp3) is 0.816. The summed E-state index contributed by atoms with van der Waals surface area (Å²) in [5, 5.41) is 7.53. The molecule has 310 valence electrons. The third-order valence-corrected chi connectivity index (χ3v) is 11.5. The molecule has 2 unspecified atom stereocenters. The van der Waals surface area contributed by atoms with Gasteiger partial charge in [0.05, 0.1) is 35.1 Å². The maximum absolute atomic E-state index is 12.6. The van der Waals surface area contributed by atoms with Crippen molar-refractivity contribution in [1.29, 1.82) is 0 Å². The molecule has 2 rings (SSSR count). The van der Waals surface area contributed by atoms with Gasteiger partial charge in [-0.15, -0.1) is 6.58 Å². The number of primary amides is 1. The van der Waals surface area contributed by atoms with Crippen LogP contribution in [0.3, 0.4) is 0 Å². The number of nitrogens with one attached hydrogen (secondary N) is 3. The van der Waals surface area contributed by atoms with Crippen molar-refractivity contribution in [3.63, 3.8) is 0 Å². The summed E-state index contributed by atoms with van der Waals surface area (Å²) in [6.07, 6.45) is 14.1. The Labute approximate surface area is 334 Å². The monoisotopic (exact) mass is 885 g/mol. The molecular weight excluding hydrogens is 813 g/mol. The molecule has 0 aromatic rings. The van der Waals surface area contributed by atoms with Crippen LogP contribution in [0.2, 0.25) is 0 Å². The van der Waals surface area contributed by atoms with Crippen LogP contribution in [-0.2, 0) is 33.8 Å². The molecule has 5 N–H and O–H groups in total. The molecular formula is C38H72IN5O8S. The van der Waals surface area contributed by atoms with Crippen molar-refractivity contribution in [2.75, 3.05) is 36.9 Å². The van der Waals surface area contributed by atoms with Crippen LogP contribution in [0.1, 0.15) is 138 Å². The number of hydrogen-bond acceptors (Lipinski definition) is 8. The third-order valence-electron chi connectivity index (χ3n) is 8.67. The number of hydrogen-bond donors (Lipinski definition) is 4. The van der Waals surface area contributed by atoms with Gasteiger partial charge in [-0.05, 0) is 64.7 Å². The first-order valence-electron chi connectivity index (χ1n) is 19.2. The molecule has 1 saturated carbocycles. The molecule has 1 aliphatic heterocycles. The molecule has 1 aliphatic carbocycles. The molecule has 0 spiro atoms. The highest BCUT2D eigenvalue weighted by atomic mass is 127. The van der Waals surface area contributed by atoms with Crippen molar-refractivity contribution in [1.82, 2.24) is 20.9 Å². The zero-order valence-corrected chi connectivity index (χ0v) is 36.9. The van der Waals surface area contributed by atoms with Crippen LogP contribution in [0, 0.1) is 0 Å². The van der Waals surface area contributed by atoms with Gasteiger partial charge in [-0.2, -0.15) is 0 Å². The average Bonchev–Trinajstić information content (AvgIpc) is 3.59. The zero-order valence-electron chi connectivity index (χ0n) is 34.0. The number of ketones is 1. The van der Waals surface area contributed by atoms with Crippen LogP contribution >= 0.6 is 22.6 Å². The van der Waals surface area contributed by atoms with Crippen LogP contribution in [0.4, 0.5) is 4.79 Å². The van der Waals surface area contributed by atoms with E-state index in [1.54, 1.807) is 25.7 Å². The van der Waals surface area contributed by atoms with Crippen molar-refractivity contribution in [2.45, 2.75) is 161 Å². The molecule has 2 atom stereocenters. The third kappa shape index (κ3) is 22.6. The lowest BCUT2D eigenvalue weighted by molar-refractivity contribution is -0.141. The topological polar surface area (TPSA) is 194 Å². The number of ether oxygens (including phenoxy) is 1. The lowest BCUT2D eigenvalue weighted by Gasteiger charge is -2.39. The van der Waals surface area contributed by atoms with E-state index < -0.39 is 56.3 Å². The van der Waals surface area contributed by atoms with E-state index in [-0.39, 0.29) is 30.7 Å². The van der Waals surface area contributed by atoms with Gasteiger partial charge in [0.1, 0.15) is 6.04 Å². The largest absolute Gasteiger partial charge is 0.378 e. The summed E-state index contributed by atoms with van der Waals surface area (Å²) >= 11 is 2.15. The Morgan fingerprint density at radius 3 is 2.09 bits per heavy atom. The molecule has 0 aromatic carbocycles. The Kier molecular flexibility index (Phi) is 29.0. The van der Waals surface area contributed by atoms with E-state index in [0.29, 0.717) is 32.4 Å². The average molecular weight is 886 g/mol. The minimum atomic E-state index is -3.27.